The molecule has 0 fully saturated rings. The minimum absolute atomic E-state index is 0.291. The van der Waals surface area contributed by atoms with Crippen LogP contribution >= 0.6 is 11.8 Å². The minimum atomic E-state index is -0.458. The Morgan fingerprint density at radius 2 is 1.93 bits per heavy atom. The number of esters is 1. The van der Waals surface area contributed by atoms with Crippen LogP contribution in [-0.4, -0.2) is 17.6 Å². The molecule has 0 aromatic heterocycles. The first-order chi connectivity index (χ1) is 6.26. The predicted molar refractivity (Wildman–Crippen MR) is 58.1 cm³/mol. The van der Waals surface area contributed by atoms with Gasteiger partial charge in [0, 0.05) is 0 Å². The van der Waals surface area contributed by atoms with Crippen LogP contribution < -0.4 is 4.84 Å². The highest BCUT2D eigenvalue weighted by Crippen LogP contribution is 2.12. The van der Waals surface area contributed by atoms with E-state index in [1.165, 1.54) is 0 Å². The summed E-state index contributed by atoms with van der Waals surface area (Å²) in [6.07, 6.45) is 0.679. The Morgan fingerprint density at radius 1 is 1.43 bits per heavy atom. The maximum atomic E-state index is 11.6. The Hall–Kier alpha value is -0.280. The third-order valence-electron chi connectivity index (χ3n) is 1.53. The number of rotatable bonds is 4. The fourth-order valence-electron chi connectivity index (χ4n) is 1.03. The third-order valence-corrected chi connectivity index (χ3v) is 1.79. The van der Waals surface area contributed by atoms with Crippen molar-refractivity contribution in [2.75, 3.05) is 0 Å². The molecule has 0 bridgehead atoms. The molecule has 84 valence electrons. The number of hydrogen-bond donors (Lipinski definition) is 1. The van der Waals surface area contributed by atoms with Gasteiger partial charge in [0.1, 0.15) is 11.6 Å². The van der Waals surface area contributed by atoms with Gasteiger partial charge in [-0.2, -0.15) is 0 Å². The maximum absolute atomic E-state index is 11.6. The molecule has 0 amide bonds. The monoisotopic (exact) mass is 221 g/mol. The molecule has 0 aliphatic carbocycles. The van der Waals surface area contributed by atoms with Crippen LogP contribution in [0.5, 0.6) is 0 Å². The van der Waals surface area contributed by atoms with Gasteiger partial charge in [-0.25, -0.2) is 4.84 Å². The molecule has 0 radical (unpaired) electrons. The molecular formula is C10H20ClNO2. The van der Waals surface area contributed by atoms with Gasteiger partial charge in [-0.15, -0.1) is 0 Å². The second kappa shape index (κ2) is 5.56. The minimum Gasteiger partial charge on any atom is -0.459 e. The summed E-state index contributed by atoms with van der Waals surface area (Å²) in [5.41, 5.74) is -0.458. The van der Waals surface area contributed by atoms with Crippen molar-refractivity contribution in [3.05, 3.63) is 0 Å². The smallest absolute Gasteiger partial charge is 0.324 e. The number of halogens is 1. The molecule has 0 saturated heterocycles. The predicted octanol–water partition coefficient (Wildman–Crippen LogP) is 2.49. The van der Waals surface area contributed by atoms with Gasteiger partial charge in [-0.1, -0.05) is 13.8 Å². The Labute approximate surface area is 91.3 Å². The Bertz CT molecular complexity index is 187. The topological polar surface area (TPSA) is 38.3 Å². The summed E-state index contributed by atoms with van der Waals surface area (Å²) in [7, 11) is 0. The number of ether oxygens (including phenoxy) is 1. The van der Waals surface area contributed by atoms with Gasteiger partial charge in [0.25, 0.3) is 0 Å². The fourth-order valence-corrected chi connectivity index (χ4v) is 1.21. The zero-order valence-corrected chi connectivity index (χ0v) is 10.3. The van der Waals surface area contributed by atoms with Gasteiger partial charge in [-0.05, 0) is 44.9 Å². The van der Waals surface area contributed by atoms with E-state index < -0.39 is 11.6 Å². The molecule has 1 atom stereocenters. The largest absolute Gasteiger partial charge is 0.459 e. The lowest BCUT2D eigenvalue weighted by Gasteiger charge is -2.23. The Balaban J connectivity index is 4.18. The molecule has 0 aliphatic rings. The van der Waals surface area contributed by atoms with Crippen LogP contribution in [0.1, 0.15) is 41.0 Å². The quantitative estimate of drug-likeness (QED) is 0.586. The van der Waals surface area contributed by atoms with Crippen LogP contribution in [-0.2, 0) is 9.53 Å². The molecule has 0 aromatic carbocycles. The van der Waals surface area contributed by atoms with Crippen molar-refractivity contribution in [2.24, 2.45) is 5.92 Å². The number of carbonyl (C=O) groups is 1. The van der Waals surface area contributed by atoms with E-state index in [0.29, 0.717) is 12.3 Å². The first-order valence-electron chi connectivity index (χ1n) is 4.85. The maximum Gasteiger partial charge on any atom is 0.324 e. The average Bonchev–Trinajstić information content (AvgIpc) is 1.96. The van der Waals surface area contributed by atoms with Crippen molar-refractivity contribution in [3.8, 4) is 0 Å². The van der Waals surface area contributed by atoms with E-state index in [9.17, 15) is 4.79 Å². The van der Waals surface area contributed by atoms with Crippen LogP contribution in [0.15, 0.2) is 0 Å². The Kier molecular flexibility index (Phi) is 5.45. The first-order valence-corrected chi connectivity index (χ1v) is 5.23. The van der Waals surface area contributed by atoms with Gasteiger partial charge in [0.15, 0.2) is 0 Å². The molecular weight excluding hydrogens is 202 g/mol. The van der Waals surface area contributed by atoms with E-state index in [2.05, 4.69) is 4.84 Å². The third kappa shape index (κ3) is 6.22. The molecule has 0 heterocycles. The summed E-state index contributed by atoms with van der Waals surface area (Å²) >= 11 is 5.48. The Morgan fingerprint density at radius 3 is 2.21 bits per heavy atom. The second-order valence-corrected chi connectivity index (χ2v) is 5.04. The summed E-state index contributed by atoms with van der Waals surface area (Å²) in [5.74, 6) is 0.111. The van der Waals surface area contributed by atoms with Crippen molar-refractivity contribution in [3.63, 3.8) is 0 Å². The van der Waals surface area contributed by atoms with E-state index in [1.54, 1.807) is 0 Å². The number of carbonyl (C=O) groups excluding carboxylic acids is 1. The highest BCUT2D eigenvalue weighted by Gasteiger charge is 2.24. The van der Waals surface area contributed by atoms with Crippen molar-refractivity contribution in [1.82, 2.24) is 4.84 Å². The SMILES string of the molecule is CC(C)CC(NCl)C(=O)OC(C)(C)C. The lowest BCUT2D eigenvalue weighted by Crippen LogP contribution is -2.38. The molecule has 1 unspecified atom stereocenters. The van der Waals surface area contributed by atoms with Crippen LogP contribution in [0.2, 0.25) is 0 Å². The highest BCUT2D eigenvalue weighted by molar-refractivity contribution is 6.14. The summed E-state index contributed by atoms with van der Waals surface area (Å²) < 4.78 is 5.21. The zero-order valence-electron chi connectivity index (χ0n) is 9.56. The molecule has 1 N–H and O–H groups in total. The van der Waals surface area contributed by atoms with Crippen LogP contribution in [0, 0.1) is 5.92 Å². The normalized spacial score (nSPS) is 14.2. The number of hydrogen-bond acceptors (Lipinski definition) is 3. The lowest BCUT2D eigenvalue weighted by molar-refractivity contribution is -0.157. The fraction of sp³-hybridized carbons (Fsp3) is 0.900. The molecule has 0 aliphatic heterocycles. The molecule has 0 rings (SSSR count). The molecule has 0 aromatic rings. The van der Waals surface area contributed by atoms with Crippen LogP contribution in [0.3, 0.4) is 0 Å². The van der Waals surface area contributed by atoms with Crippen LogP contribution in [0.4, 0.5) is 0 Å². The van der Waals surface area contributed by atoms with Crippen molar-refractivity contribution in [1.29, 1.82) is 0 Å². The molecule has 14 heavy (non-hydrogen) atoms. The van der Waals surface area contributed by atoms with Gasteiger partial charge >= 0.3 is 5.97 Å². The second-order valence-electron chi connectivity index (χ2n) is 4.82. The van der Waals surface area contributed by atoms with Gasteiger partial charge in [-0.3, -0.25) is 4.79 Å². The summed E-state index contributed by atoms with van der Waals surface area (Å²) in [5, 5.41) is 0. The average molecular weight is 222 g/mol. The van der Waals surface area contributed by atoms with Gasteiger partial charge in [0.2, 0.25) is 0 Å². The molecule has 0 saturated carbocycles. The number of nitrogens with one attached hydrogen (secondary N) is 1. The van der Waals surface area contributed by atoms with Crippen molar-refractivity contribution >= 4 is 17.7 Å². The van der Waals surface area contributed by atoms with Gasteiger partial charge in [0.05, 0.1) is 0 Å². The highest BCUT2D eigenvalue weighted by atomic mass is 35.5. The molecule has 3 nitrogen and oxygen atoms in total. The molecule has 4 heteroatoms. The van der Waals surface area contributed by atoms with Crippen molar-refractivity contribution < 1.29 is 9.53 Å². The standard InChI is InChI=1S/C10H20ClNO2/c1-7(2)6-8(12-11)9(13)14-10(3,4)5/h7-8,12H,6H2,1-5H3. The van der Waals surface area contributed by atoms with E-state index in [4.69, 9.17) is 16.5 Å². The van der Waals surface area contributed by atoms with E-state index in [1.807, 2.05) is 34.6 Å². The first kappa shape index (κ1) is 13.7. The van der Waals surface area contributed by atoms with E-state index >= 15 is 0 Å². The lowest BCUT2D eigenvalue weighted by atomic mass is 10.0. The van der Waals surface area contributed by atoms with Crippen molar-refractivity contribution in [2.45, 2.75) is 52.7 Å². The van der Waals surface area contributed by atoms with E-state index in [0.717, 1.165) is 0 Å². The van der Waals surface area contributed by atoms with E-state index in [-0.39, 0.29) is 5.97 Å². The molecule has 0 spiro atoms. The van der Waals surface area contributed by atoms with Crippen LogP contribution in [0.25, 0.3) is 0 Å². The van der Waals surface area contributed by atoms with Gasteiger partial charge < -0.3 is 4.74 Å². The summed E-state index contributed by atoms with van der Waals surface area (Å²) in [6.45, 7) is 9.58. The summed E-state index contributed by atoms with van der Waals surface area (Å²) in [6, 6.07) is -0.420. The summed E-state index contributed by atoms with van der Waals surface area (Å²) in [4.78, 5) is 14.0. The zero-order chi connectivity index (χ0) is 11.4.